The highest BCUT2D eigenvalue weighted by Crippen LogP contribution is 2.50. The van der Waals surface area contributed by atoms with Crippen LogP contribution >= 0.6 is 0 Å². The van der Waals surface area contributed by atoms with Gasteiger partial charge in [-0.2, -0.15) is 13.2 Å². The van der Waals surface area contributed by atoms with E-state index in [1.165, 1.54) is 5.56 Å². The van der Waals surface area contributed by atoms with Crippen LogP contribution < -0.4 is 14.8 Å². The summed E-state index contributed by atoms with van der Waals surface area (Å²) >= 11 is 0. The molecule has 3 aliphatic rings. The number of methoxy groups -OCH3 is 1. The van der Waals surface area contributed by atoms with Crippen molar-refractivity contribution in [3.63, 3.8) is 0 Å². The summed E-state index contributed by atoms with van der Waals surface area (Å²) in [4.78, 5) is 25.2. The molecule has 0 saturated carbocycles. The van der Waals surface area contributed by atoms with Gasteiger partial charge in [0.05, 0.1) is 19.6 Å². The Bertz CT molecular complexity index is 1210. The zero-order chi connectivity index (χ0) is 28.9. The Morgan fingerprint density at radius 2 is 1.95 bits per heavy atom. The number of likely N-dealkylation sites (tertiary alicyclic amines) is 1. The molecule has 216 valence electrons. The summed E-state index contributed by atoms with van der Waals surface area (Å²) in [7, 11) is 1.67. The van der Waals surface area contributed by atoms with Crippen molar-refractivity contribution in [2.24, 2.45) is 5.92 Å². The second-order valence-electron chi connectivity index (χ2n) is 10.4. The maximum absolute atomic E-state index is 14.1. The van der Waals surface area contributed by atoms with Gasteiger partial charge in [-0.15, -0.1) is 6.58 Å². The van der Waals surface area contributed by atoms with Crippen molar-refractivity contribution in [3.05, 3.63) is 72.3 Å². The van der Waals surface area contributed by atoms with Crippen molar-refractivity contribution in [1.29, 1.82) is 0 Å². The topological polar surface area (TPSA) is 88.1 Å². The van der Waals surface area contributed by atoms with E-state index in [-0.39, 0.29) is 23.3 Å². The van der Waals surface area contributed by atoms with Crippen LogP contribution in [0.3, 0.4) is 0 Å². The minimum absolute atomic E-state index is 0.104. The normalized spacial score (nSPS) is 25.7. The van der Waals surface area contributed by atoms with E-state index < -0.39 is 12.1 Å². The number of amides is 1. The molecule has 40 heavy (non-hydrogen) atoms. The standard InChI is InChI=1S/C28H34N2O3.C2HF3O2/c1-3-8-22-17-21(20-9-5-4-6-10-20)13-15-30(22)27(31)24-18-29-19-28(24)14-16-33-26-23(28)11-7-12-25(26)32-2;3-2(4,5)1(6)7/h3-7,9-12,21-22,24,29H,1,8,13-19H2,2H3;(H,6,7)/t21-,22?,24+,28+;/m1./s1. The molecule has 7 nitrogen and oxygen atoms in total. The number of aliphatic carboxylic acids is 1. The number of hydrogen-bond donors (Lipinski definition) is 2. The number of rotatable bonds is 5. The number of nitrogens with zero attached hydrogens (tertiary/aromatic N) is 1. The third kappa shape index (κ3) is 5.96. The molecule has 3 aliphatic heterocycles. The van der Waals surface area contributed by atoms with Gasteiger partial charge in [0, 0.05) is 36.7 Å². The zero-order valence-corrected chi connectivity index (χ0v) is 22.5. The summed E-state index contributed by atoms with van der Waals surface area (Å²) in [6, 6.07) is 17.0. The quantitative estimate of drug-likeness (QED) is 0.505. The van der Waals surface area contributed by atoms with E-state index in [1.54, 1.807) is 7.11 Å². The smallest absolute Gasteiger partial charge is 0.490 e. The lowest BCUT2D eigenvalue weighted by atomic mass is 9.68. The molecule has 0 aromatic heterocycles. The van der Waals surface area contributed by atoms with Crippen LogP contribution in [-0.2, 0) is 15.0 Å². The molecule has 2 N–H and O–H groups in total. The molecule has 1 spiro atoms. The van der Waals surface area contributed by atoms with E-state index in [1.807, 2.05) is 18.2 Å². The fourth-order valence-electron chi connectivity index (χ4n) is 6.30. The van der Waals surface area contributed by atoms with Crippen molar-refractivity contribution in [3.8, 4) is 11.5 Å². The minimum atomic E-state index is -5.08. The molecule has 0 bridgehead atoms. The molecule has 2 fully saturated rings. The number of piperidine rings is 1. The van der Waals surface area contributed by atoms with Crippen LogP contribution in [0, 0.1) is 5.92 Å². The predicted octanol–water partition coefficient (Wildman–Crippen LogP) is 4.92. The van der Waals surface area contributed by atoms with Gasteiger partial charge in [-0.05, 0) is 43.2 Å². The van der Waals surface area contributed by atoms with Crippen LogP contribution in [-0.4, -0.2) is 67.5 Å². The number of carboxylic acid groups (broad SMARTS) is 1. The predicted molar refractivity (Wildman–Crippen MR) is 144 cm³/mol. The monoisotopic (exact) mass is 560 g/mol. The number of hydrogen-bond acceptors (Lipinski definition) is 5. The molecule has 4 atom stereocenters. The first-order valence-electron chi connectivity index (χ1n) is 13.4. The number of carboxylic acids is 1. The van der Waals surface area contributed by atoms with Crippen molar-refractivity contribution < 1.29 is 37.3 Å². The van der Waals surface area contributed by atoms with Crippen LogP contribution in [0.25, 0.3) is 0 Å². The molecule has 3 heterocycles. The van der Waals surface area contributed by atoms with Crippen molar-refractivity contribution in [2.45, 2.75) is 49.2 Å². The summed E-state index contributed by atoms with van der Waals surface area (Å²) in [5, 5.41) is 10.7. The second kappa shape index (κ2) is 12.3. The number of fused-ring (bicyclic) bond motifs is 2. The van der Waals surface area contributed by atoms with Gasteiger partial charge in [-0.3, -0.25) is 4.79 Å². The second-order valence-corrected chi connectivity index (χ2v) is 10.4. The van der Waals surface area contributed by atoms with Crippen LogP contribution in [0.2, 0.25) is 0 Å². The maximum Gasteiger partial charge on any atom is 0.490 e. The van der Waals surface area contributed by atoms with Gasteiger partial charge in [0.1, 0.15) is 0 Å². The molecule has 2 aromatic carbocycles. The SMILES string of the molecule is C=CCC1C[C@H](c2ccccc2)CCN1C(=O)[C@@H]1CNC[C@]12CCOc1c(OC)cccc12.O=C(O)C(F)(F)F. The number of carbonyl (C=O) groups excluding carboxylic acids is 1. The lowest BCUT2D eigenvalue weighted by molar-refractivity contribution is -0.192. The van der Waals surface area contributed by atoms with E-state index in [9.17, 15) is 18.0 Å². The largest absolute Gasteiger partial charge is 0.493 e. The number of nitrogens with one attached hydrogen (secondary N) is 1. The molecule has 0 aliphatic carbocycles. The Kier molecular flexibility index (Phi) is 9.08. The van der Waals surface area contributed by atoms with Crippen LogP contribution in [0.15, 0.2) is 61.2 Å². The Balaban J connectivity index is 0.000000470. The third-order valence-electron chi connectivity index (χ3n) is 8.23. The maximum atomic E-state index is 14.1. The lowest BCUT2D eigenvalue weighted by Crippen LogP contribution is -2.53. The van der Waals surface area contributed by atoms with Gasteiger partial charge < -0.3 is 24.8 Å². The molecule has 0 radical (unpaired) electrons. The first-order valence-corrected chi connectivity index (χ1v) is 13.4. The molecule has 2 aromatic rings. The number of halogens is 3. The van der Waals surface area contributed by atoms with Crippen LogP contribution in [0.5, 0.6) is 11.5 Å². The highest BCUT2D eigenvalue weighted by atomic mass is 19.4. The first-order chi connectivity index (χ1) is 19.1. The summed E-state index contributed by atoms with van der Waals surface area (Å²) in [6.07, 6.45) is 0.543. The molecule has 1 unspecified atom stereocenters. The van der Waals surface area contributed by atoms with E-state index in [0.29, 0.717) is 19.1 Å². The molecule has 10 heteroatoms. The molecule has 2 saturated heterocycles. The summed E-state index contributed by atoms with van der Waals surface area (Å²) in [5.41, 5.74) is 2.23. The number of ether oxygens (including phenoxy) is 2. The van der Waals surface area contributed by atoms with Gasteiger partial charge in [0.15, 0.2) is 11.5 Å². The molecule has 5 rings (SSSR count). The van der Waals surface area contributed by atoms with Crippen LogP contribution in [0.1, 0.15) is 42.7 Å². The van der Waals surface area contributed by atoms with E-state index in [4.69, 9.17) is 19.4 Å². The van der Waals surface area contributed by atoms with E-state index >= 15 is 0 Å². The number of benzene rings is 2. The fourth-order valence-corrected chi connectivity index (χ4v) is 6.30. The van der Waals surface area contributed by atoms with Gasteiger partial charge in [-0.25, -0.2) is 4.79 Å². The van der Waals surface area contributed by atoms with Crippen molar-refractivity contribution >= 4 is 11.9 Å². The molecule has 1 amide bonds. The fraction of sp³-hybridized carbons (Fsp3) is 0.467. The Morgan fingerprint density at radius 1 is 1.23 bits per heavy atom. The first kappa shape index (κ1) is 29.5. The van der Waals surface area contributed by atoms with Crippen molar-refractivity contribution in [2.75, 3.05) is 33.4 Å². The highest BCUT2D eigenvalue weighted by molar-refractivity contribution is 5.82. The summed E-state index contributed by atoms with van der Waals surface area (Å²) in [6.45, 7) is 6.89. The van der Waals surface area contributed by atoms with E-state index in [2.05, 4.69) is 53.2 Å². The van der Waals surface area contributed by atoms with Crippen molar-refractivity contribution in [1.82, 2.24) is 10.2 Å². The molecular weight excluding hydrogens is 525 g/mol. The van der Waals surface area contributed by atoms with Crippen LogP contribution in [0.4, 0.5) is 13.2 Å². The van der Waals surface area contributed by atoms with E-state index in [0.717, 1.165) is 55.8 Å². The minimum Gasteiger partial charge on any atom is -0.493 e. The molecular formula is C30H35F3N2O5. The Hall–Kier alpha value is -3.53. The Labute approximate surface area is 232 Å². The van der Waals surface area contributed by atoms with Gasteiger partial charge in [0.2, 0.25) is 5.91 Å². The average Bonchev–Trinajstić information content (AvgIpc) is 3.37. The Morgan fingerprint density at radius 3 is 2.60 bits per heavy atom. The highest BCUT2D eigenvalue weighted by Gasteiger charge is 2.53. The zero-order valence-electron chi connectivity index (χ0n) is 22.5. The summed E-state index contributed by atoms with van der Waals surface area (Å²) in [5.74, 6) is -0.547. The van der Waals surface area contributed by atoms with Gasteiger partial charge in [0.25, 0.3) is 0 Å². The van der Waals surface area contributed by atoms with Gasteiger partial charge in [-0.1, -0.05) is 48.5 Å². The number of carbonyl (C=O) groups is 2. The number of para-hydroxylation sites is 1. The average molecular weight is 561 g/mol. The van der Waals surface area contributed by atoms with Gasteiger partial charge >= 0.3 is 12.1 Å². The third-order valence-corrected chi connectivity index (χ3v) is 8.23. The number of alkyl halides is 3. The summed E-state index contributed by atoms with van der Waals surface area (Å²) < 4.78 is 43.4. The lowest BCUT2D eigenvalue weighted by Gasteiger charge is -2.45.